The highest BCUT2D eigenvalue weighted by Crippen LogP contribution is 2.20. The molecule has 154 valence electrons. The van der Waals surface area contributed by atoms with Gasteiger partial charge in [0, 0.05) is 7.77 Å². The molecule has 0 aliphatic rings. The number of carbonyl (C=O) groups is 1. The molecule has 0 fully saturated rings. The summed E-state index contributed by atoms with van der Waals surface area (Å²) >= 11 is 0. The topological polar surface area (TPSA) is 111 Å². The van der Waals surface area contributed by atoms with Crippen LogP contribution in [0.2, 0.25) is 0 Å². The Labute approximate surface area is 158 Å². The number of benzene rings is 1. The van der Waals surface area contributed by atoms with Crippen LogP contribution in [0.4, 0.5) is 0 Å². The van der Waals surface area contributed by atoms with Gasteiger partial charge in [-0.2, -0.15) is 0 Å². The van der Waals surface area contributed by atoms with Crippen LogP contribution in [0.3, 0.4) is 0 Å². The van der Waals surface area contributed by atoms with Crippen LogP contribution in [0.15, 0.2) is 30.3 Å². The van der Waals surface area contributed by atoms with Crippen molar-refractivity contribution in [3.63, 3.8) is 0 Å². The number of rotatable bonds is 15. The van der Waals surface area contributed by atoms with Gasteiger partial charge in [0.15, 0.2) is 24.1 Å². The summed E-state index contributed by atoms with van der Waals surface area (Å²) in [6, 6.07) is 8.41. The van der Waals surface area contributed by atoms with Gasteiger partial charge in [0.05, 0.1) is 35.0 Å². The fourth-order valence-corrected chi connectivity index (χ4v) is 2.30. The number of Topliss-reactive ketones (excluding diaryl/α,β-unsaturated/α-hetero) is 1. The second kappa shape index (κ2) is 13.7. The first-order chi connectivity index (χ1) is 13.5. The van der Waals surface area contributed by atoms with E-state index in [1.165, 1.54) is 28.4 Å². The Morgan fingerprint density at radius 2 is 1.48 bits per heavy atom. The number of hydrogen-bond donors (Lipinski definition) is 1. The normalized spacial score (nSPS) is 17.6. The number of aliphatic hydroxyl groups excluding tert-OH is 1. The van der Waals surface area contributed by atoms with Gasteiger partial charge in [-0.3, -0.25) is 4.79 Å². The van der Waals surface area contributed by atoms with E-state index in [1.807, 2.05) is 0 Å². The zero-order chi connectivity index (χ0) is 20.9. The van der Waals surface area contributed by atoms with Gasteiger partial charge in [-0.15, -0.1) is 0 Å². The SMILES string of the molecule is [2H]C(C(=O)[C@@H](OOC)[C@H](OOC)[C@H](OOC)[C@@H](CO)OOC)c1ccccc1. The molecule has 27 heavy (non-hydrogen) atoms. The maximum atomic E-state index is 13.0. The molecular formula is C17H26O10. The van der Waals surface area contributed by atoms with Gasteiger partial charge in [-0.1, -0.05) is 30.3 Å². The molecule has 10 nitrogen and oxygen atoms in total. The summed E-state index contributed by atoms with van der Waals surface area (Å²) in [6.45, 7) is -0.581. The minimum atomic E-state index is -1.50. The molecule has 0 saturated heterocycles. The Balaban J connectivity index is 3.21. The minimum Gasteiger partial charge on any atom is -0.393 e. The molecule has 0 bridgehead atoms. The van der Waals surface area contributed by atoms with E-state index in [9.17, 15) is 9.90 Å². The van der Waals surface area contributed by atoms with E-state index >= 15 is 0 Å². The van der Waals surface area contributed by atoms with E-state index in [1.54, 1.807) is 30.3 Å². The number of hydrogen-bond acceptors (Lipinski definition) is 10. The van der Waals surface area contributed by atoms with Crippen molar-refractivity contribution in [3.8, 4) is 0 Å². The Bertz CT molecular complexity index is 546. The molecule has 1 aromatic rings. The molecule has 0 aromatic heterocycles. The van der Waals surface area contributed by atoms with Gasteiger partial charge >= 0.3 is 0 Å². The predicted molar refractivity (Wildman–Crippen MR) is 89.8 cm³/mol. The highest BCUT2D eigenvalue weighted by atomic mass is 17.2. The molecule has 1 rings (SSSR count). The lowest BCUT2D eigenvalue weighted by molar-refractivity contribution is -0.435. The van der Waals surface area contributed by atoms with Crippen molar-refractivity contribution in [1.29, 1.82) is 0 Å². The summed E-state index contributed by atoms with van der Waals surface area (Å²) < 4.78 is 8.27. The molecule has 0 aliphatic carbocycles. The average Bonchev–Trinajstić information content (AvgIpc) is 2.73. The molecule has 0 radical (unpaired) electrons. The van der Waals surface area contributed by atoms with Gasteiger partial charge < -0.3 is 5.11 Å². The van der Waals surface area contributed by atoms with Crippen molar-refractivity contribution in [2.75, 3.05) is 35.0 Å². The summed E-state index contributed by atoms with van der Waals surface area (Å²) in [5.41, 5.74) is 0.435. The monoisotopic (exact) mass is 391 g/mol. The molecule has 1 aromatic carbocycles. The highest BCUT2D eigenvalue weighted by molar-refractivity contribution is 5.85. The molecular weight excluding hydrogens is 364 g/mol. The lowest BCUT2D eigenvalue weighted by Gasteiger charge is -2.32. The van der Waals surface area contributed by atoms with Crippen molar-refractivity contribution in [2.24, 2.45) is 0 Å². The third-order valence-corrected chi connectivity index (χ3v) is 3.39. The molecule has 5 atom stereocenters. The summed E-state index contributed by atoms with van der Waals surface area (Å²) in [4.78, 5) is 51.9. The molecule has 0 aliphatic heterocycles. The van der Waals surface area contributed by atoms with Gasteiger partial charge in [-0.25, -0.2) is 39.1 Å². The van der Waals surface area contributed by atoms with Crippen LogP contribution in [-0.2, 0) is 50.3 Å². The van der Waals surface area contributed by atoms with Crippen LogP contribution in [0.25, 0.3) is 0 Å². The van der Waals surface area contributed by atoms with Crippen LogP contribution in [0.1, 0.15) is 6.93 Å². The van der Waals surface area contributed by atoms with Crippen molar-refractivity contribution in [3.05, 3.63) is 35.9 Å². The van der Waals surface area contributed by atoms with Gasteiger partial charge in [0.2, 0.25) is 0 Å². The summed E-state index contributed by atoms with van der Waals surface area (Å²) in [7, 11) is 4.82. The lowest BCUT2D eigenvalue weighted by atomic mass is 9.96. The fraction of sp³-hybridized carbons (Fsp3) is 0.588. The fourth-order valence-electron chi connectivity index (χ4n) is 2.30. The van der Waals surface area contributed by atoms with E-state index in [-0.39, 0.29) is 0 Å². The number of carbonyl (C=O) groups excluding carboxylic acids is 1. The maximum absolute atomic E-state index is 13.0. The predicted octanol–water partition coefficient (Wildman–Crippen LogP) is 0.577. The number of aliphatic hydroxyl groups is 1. The van der Waals surface area contributed by atoms with Crippen LogP contribution in [-0.4, -0.2) is 70.4 Å². The van der Waals surface area contributed by atoms with E-state index in [2.05, 4.69) is 14.7 Å². The largest absolute Gasteiger partial charge is 0.393 e. The molecule has 1 N–H and O–H groups in total. The van der Waals surface area contributed by atoms with Crippen molar-refractivity contribution < 1.29 is 50.4 Å². The van der Waals surface area contributed by atoms with Crippen molar-refractivity contribution in [1.82, 2.24) is 0 Å². The summed E-state index contributed by atoms with van der Waals surface area (Å²) in [5, 5.41) is 9.58. The smallest absolute Gasteiger partial charge is 0.183 e. The molecule has 1 unspecified atom stereocenters. The summed E-state index contributed by atoms with van der Waals surface area (Å²) in [5.74, 6) is -0.714. The first-order valence-corrected chi connectivity index (χ1v) is 7.95. The van der Waals surface area contributed by atoms with E-state index in [4.69, 9.17) is 25.8 Å². The molecule has 0 spiro atoms. The standard InChI is InChI=1S/C17H26O10/c1-20-24-14(11-18)16(26-22-3)17(27-23-4)15(25-21-2)13(19)10-12-8-6-5-7-9-12/h5-9,14-18H,10-11H2,1-4H3/t14-,15-,16-,17+/m1/s1/i10D/t10?,14-,15-,16-,17+. The van der Waals surface area contributed by atoms with Crippen LogP contribution < -0.4 is 0 Å². The highest BCUT2D eigenvalue weighted by Gasteiger charge is 2.44. The van der Waals surface area contributed by atoms with Crippen molar-refractivity contribution >= 4 is 5.78 Å². The third kappa shape index (κ3) is 7.58. The second-order valence-electron chi connectivity index (χ2n) is 5.08. The van der Waals surface area contributed by atoms with Crippen LogP contribution in [0, 0.1) is 0 Å². The van der Waals surface area contributed by atoms with E-state index in [0.29, 0.717) is 5.56 Å². The second-order valence-corrected chi connectivity index (χ2v) is 5.08. The van der Waals surface area contributed by atoms with Gasteiger partial charge in [0.1, 0.15) is 6.10 Å². The van der Waals surface area contributed by atoms with Gasteiger partial charge in [0.25, 0.3) is 0 Å². The Morgan fingerprint density at radius 1 is 0.926 bits per heavy atom. The maximum Gasteiger partial charge on any atom is 0.183 e. The first kappa shape index (κ1) is 21.8. The van der Waals surface area contributed by atoms with Crippen LogP contribution in [0.5, 0.6) is 0 Å². The number of ketones is 1. The van der Waals surface area contributed by atoms with Crippen LogP contribution >= 0.6 is 0 Å². The molecule has 0 heterocycles. The Hall–Kier alpha value is -1.47. The Kier molecular flexibility index (Phi) is 11.0. The van der Waals surface area contributed by atoms with Gasteiger partial charge in [-0.05, 0) is 5.56 Å². The first-order valence-electron chi connectivity index (χ1n) is 8.53. The average molecular weight is 391 g/mol. The molecule has 10 heteroatoms. The minimum absolute atomic E-state index is 0.435. The van der Waals surface area contributed by atoms with E-state index < -0.39 is 43.2 Å². The quantitative estimate of drug-likeness (QED) is 0.336. The zero-order valence-corrected chi connectivity index (χ0v) is 15.6. The molecule has 0 amide bonds. The molecule has 0 saturated carbocycles. The lowest BCUT2D eigenvalue weighted by Crippen LogP contribution is -2.53. The Morgan fingerprint density at radius 3 is 2.00 bits per heavy atom. The zero-order valence-electron chi connectivity index (χ0n) is 16.6. The third-order valence-electron chi connectivity index (χ3n) is 3.39. The van der Waals surface area contributed by atoms with E-state index in [0.717, 1.165) is 0 Å². The summed E-state index contributed by atoms with van der Waals surface area (Å²) in [6.07, 6.45) is -6.59. The van der Waals surface area contributed by atoms with Crippen molar-refractivity contribution in [2.45, 2.75) is 30.8 Å².